The first-order valence-electron chi connectivity index (χ1n) is 8.13. The summed E-state index contributed by atoms with van der Waals surface area (Å²) in [6.45, 7) is 5.25. The van der Waals surface area contributed by atoms with Crippen molar-refractivity contribution in [3.63, 3.8) is 0 Å². The number of carbonyl (C=O) groups is 1. The second-order valence-electron chi connectivity index (χ2n) is 5.99. The number of rotatable bonds is 5. The molecule has 0 aliphatic rings. The van der Waals surface area contributed by atoms with Gasteiger partial charge in [0, 0.05) is 5.69 Å². The quantitative estimate of drug-likeness (QED) is 0.664. The highest BCUT2D eigenvalue weighted by Crippen LogP contribution is 2.27. The number of hydrogen-bond acceptors (Lipinski definition) is 5. The molecule has 7 nitrogen and oxygen atoms in total. The van der Waals surface area contributed by atoms with Crippen LogP contribution in [0, 0.1) is 19.7 Å². The fraction of sp³-hybridized carbons (Fsp3) is 0.222. The van der Waals surface area contributed by atoms with Crippen LogP contribution >= 0.6 is 15.9 Å². The van der Waals surface area contributed by atoms with E-state index in [9.17, 15) is 9.18 Å². The summed E-state index contributed by atoms with van der Waals surface area (Å²) in [6, 6.07) is 9.76. The minimum absolute atomic E-state index is 0.144. The van der Waals surface area contributed by atoms with Crippen LogP contribution < -0.4 is 10.1 Å². The smallest absolute Gasteiger partial charge is 0.265 e. The van der Waals surface area contributed by atoms with Crippen LogP contribution in [0.5, 0.6) is 5.75 Å². The third kappa shape index (κ3) is 4.30. The van der Waals surface area contributed by atoms with Crippen LogP contribution in [0.15, 0.2) is 40.9 Å². The Labute approximate surface area is 163 Å². The van der Waals surface area contributed by atoms with Gasteiger partial charge in [-0.2, -0.15) is 4.68 Å². The lowest BCUT2D eigenvalue weighted by atomic mass is 10.2. The third-order valence-electron chi connectivity index (χ3n) is 3.83. The lowest BCUT2D eigenvalue weighted by molar-refractivity contribution is -0.122. The molecule has 0 bridgehead atoms. The Morgan fingerprint density at radius 1 is 1.26 bits per heavy atom. The monoisotopic (exact) mass is 433 g/mol. The lowest BCUT2D eigenvalue weighted by Gasteiger charge is -2.16. The Kier molecular flexibility index (Phi) is 5.50. The number of benzene rings is 2. The Morgan fingerprint density at radius 3 is 2.70 bits per heavy atom. The zero-order chi connectivity index (χ0) is 19.6. The Hall–Kier alpha value is -2.81. The molecular weight excluding hydrogens is 417 g/mol. The number of carbonyl (C=O) groups excluding carboxylic acids is 1. The van der Waals surface area contributed by atoms with Crippen molar-refractivity contribution in [2.24, 2.45) is 0 Å². The van der Waals surface area contributed by atoms with Crippen molar-refractivity contribution in [2.75, 3.05) is 5.32 Å². The number of nitrogens with zero attached hydrogens (tertiary/aromatic N) is 4. The summed E-state index contributed by atoms with van der Waals surface area (Å²) in [4.78, 5) is 12.5. The molecule has 3 aromatic rings. The van der Waals surface area contributed by atoms with Gasteiger partial charge in [0.05, 0.1) is 4.47 Å². The molecule has 27 heavy (non-hydrogen) atoms. The average molecular weight is 434 g/mol. The van der Waals surface area contributed by atoms with E-state index < -0.39 is 11.9 Å². The van der Waals surface area contributed by atoms with Crippen LogP contribution in [0.4, 0.5) is 10.1 Å². The second kappa shape index (κ2) is 7.83. The van der Waals surface area contributed by atoms with Gasteiger partial charge in [0.25, 0.3) is 5.91 Å². The highest BCUT2D eigenvalue weighted by Gasteiger charge is 2.18. The van der Waals surface area contributed by atoms with E-state index in [1.165, 1.54) is 22.9 Å². The summed E-state index contributed by atoms with van der Waals surface area (Å²) in [6.07, 6.45) is -0.757. The molecule has 0 fully saturated rings. The standard InChI is InChI=1S/C18H17BrFN5O2/c1-10-4-7-17(14(19)8-10)27-11(2)18(26)21-13-5-6-15(20)16(9-13)25-12(3)22-23-24-25/h4-9,11H,1-3H3,(H,21,26). The number of ether oxygens (including phenoxy) is 1. The molecule has 9 heteroatoms. The molecule has 0 aliphatic carbocycles. The highest BCUT2D eigenvalue weighted by molar-refractivity contribution is 9.10. The van der Waals surface area contributed by atoms with E-state index in [4.69, 9.17) is 4.74 Å². The fourth-order valence-electron chi connectivity index (χ4n) is 2.40. The van der Waals surface area contributed by atoms with Crippen molar-refractivity contribution in [2.45, 2.75) is 26.9 Å². The predicted molar refractivity (Wildman–Crippen MR) is 101 cm³/mol. The summed E-state index contributed by atoms with van der Waals surface area (Å²) >= 11 is 3.42. The Balaban J connectivity index is 1.75. The van der Waals surface area contributed by atoms with E-state index in [2.05, 4.69) is 36.8 Å². The lowest BCUT2D eigenvalue weighted by Crippen LogP contribution is -2.30. The van der Waals surface area contributed by atoms with Crippen LogP contribution in [0.25, 0.3) is 5.69 Å². The Morgan fingerprint density at radius 2 is 2.04 bits per heavy atom. The first-order chi connectivity index (χ1) is 12.8. The fourth-order valence-corrected chi connectivity index (χ4v) is 2.98. The topological polar surface area (TPSA) is 81.9 Å². The van der Waals surface area contributed by atoms with Crippen LogP contribution in [0.1, 0.15) is 18.3 Å². The van der Waals surface area contributed by atoms with Crippen molar-refractivity contribution >= 4 is 27.5 Å². The average Bonchev–Trinajstić information content (AvgIpc) is 3.04. The molecule has 1 N–H and O–H groups in total. The molecule has 140 valence electrons. The molecule has 0 spiro atoms. The first kappa shape index (κ1) is 19.0. The summed E-state index contributed by atoms with van der Waals surface area (Å²) < 4.78 is 21.8. The van der Waals surface area contributed by atoms with Gasteiger partial charge in [0.15, 0.2) is 11.9 Å². The van der Waals surface area contributed by atoms with Gasteiger partial charge in [-0.15, -0.1) is 5.10 Å². The summed E-state index contributed by atoms with van der Waals surface area (Å²) in [5.41, 5.74) is 1.62. The zero-order valence-electron chi connectivity index (χ0n) is 14.9. The molecule has 1 aromatic heterocycles. The molecule has 2 aromatic carbocycles. The predicted octanol–water partition coefficient (Wildman–Crippen LogP) is 3.59. The molecule has 0 radical (unpaired) electrons. The molecule has 0 saturated carbocycles. The zero-order valence-corrected chi connectivity index (χ0v) is 16.5. The number of aryl methyl sites for hydroxylation is 2. The summed E-state index contributed by atoms with van der Waals surface area (Å²) in [7, 11) is 0. The molecule has 1 atom stereocenters. The maximum atomic E-state index is 14.1. The molecule has 1 unspecified atom stereocenters. The van der Waals surface area contributed by atoms with Crippen LogP contribution in [0.3, 0.4) is 0 Å². The molecule has 3 rings (SSSR count). The van der Waals surface area contributed by atoms with Gasteiger partial charge in [-0.3, -0.25) is 4.79 Å². The van der Waals surface area contributed by atoms with Gasteiger partial charge >= 0.3 is 0 Å². The van der Waals surface area contributed by atoms with Crippen LogP contribution in [0.2, 0.25) is 0 Å². The van der Waals surface area contributed by atoms with E-state index in [0.717, 1.165) is 10.0 Å². The van der Waals surface area contributed by atoms with E-state index >= 15 is 0 Å². The maximum absolute atomic E-state index is 14.1. The van der Waals surface area contributed by atoms with Gasteiger partial charge in [0.1, 0.15) is 17.3 Å². The van der Waals surface area contributed by atoms with E-state index in [-0.39, 0.29) is 11.6 Å². The normalized spacial score (nSPS) is 11.9. The van der Waals surface area contributed by atoms with Crippen molar-refractivity contribution in [1.82, 2.24) is 20.2 Å². The van der Waals surface area contributed by atoms with E-state index in [1.807, 2.05) is 19.1 Å². The van der Waals surface area contributed by atoms with Gasteiger partial charge in [-0.25, -0.2) is 4.39 Å². The molecular formula is C18H17BrFN5O2. The van der Waals surface area contributed by atoms with E-state index in [1.54, 1.807) is 19.9 Å². The number of aromatic nitrogens is 4. The summed E-state index contributed by atoms with van der Waals surface area (Å²) in [5.74, 6) is 0.121. The SMILES string of the molecule is Cc1ccc(OC(C)C(=O)Nc2ccc(F)c(-n3nnnc3C)c2)c(Br)c1. The van der Waals surface area contributed by atoms with Crippen molar-refractivity contribution in [3.05, 3.63) is 58.1 Å². The van der Waals surface area contributed by atoms with Gasteiger partial charge in [-0.1, -0.05) is 6.07 Å². The maximum Gasteiger partial charge on any atom is 0.265 e. The number of anilines is 1. The number of amides is 1. The van der Waals surface area contributed by atoms with Gasteiger partial charge in [0.2, 0.25) is 0 Å². The number of nitrogens with one attached hydrogen (secondary N) is 1. The Bertz CT molecular complexity index is 992. The van der Waals surface area contributed by atoms with Crippen molar-refractivity contribution in [1.29, 1.82) is 0 Å². The molecule has 0 saturated heterocycles. The van der Waals surface area contributed by atoms with Crippen LogP contribution in [-0.2, 0) is 4.79 Å². The minimum atomic E-state index is -0.757. The summed E-state index contributed by atoms with van der Waals surface area (Å²) in [5, 5.41) is 13.7. The second-order valence-corrected chi connectivity index (χ2v) is 6.84. The van der Waals surface area contributed by atoms with Crippen LogP contribution in [-0.4, -0.2) is 32.2 Å². The van der Waals surface area contributed by atoms with Gasteiger partial charge in [-0.05, 0) is 83.0 Å². The van der Waals surface area contributed by atoms with Crippen molar-refractivity contribution in [3.8, 4) is 11.4 Å². The van der Waals surface area contributed by atoms with Crippen molar-refractivity contribution < 1.29 is 13.9 Å². The largest absolute Gasteiger partial charge is 0.480 e. The van der Waals surface area contributed by atoms with E-state index in [0.29, 0.717) is 17.3 Å². The first-order valence-corrected chi connectivity index (χ1v) is 8.93. The number of hydrogen-bond donors (Lipinski definition) is 1. The number of tetrazole rings is 1. The highest BCUT2D eigenvalue weighted by atomic mass is 79.9. The molecule has 0 aliphatic heterocycles. The molecule has 1 heterocycles. The number of halogens is 2. The van der Waals surface area contributed by atoms with Gasteiger partial charge < -0.3 is 10.1 Å². The third-order valence-corrected chi connectivity index (χ3v) is 4.45. The molecule has 1 amide bonds. The minimum Gasteiger partial charge on any atom is -0.480 e.